The van der Waals surface area contributed by atoms with E-state index in [0.717, 1.165) is 0 Å². The van der Waals surface area contributed by atoms with Crippen molar-refractivity contribution in [3.8, 4) is 11.4 Å². The van der Waals surface area contributed by atoms with Gasteiger partial charge in [0.25, 0.3) is 5.56 Å². The van der Waals surface area contributed by atoms with Crippen LogP contribution < -0.4 is 5.56 Å². The van der Waals surface area contributed by atoms with E-state index in [1.54, 1.807) is 25.1 Å². The second kappa shape index (κ2) is 4.80. The number of H-pyrrole nitrogens is 1. The molecule has 0 saturated carbocycles. The smallest absolute Gasteiger partial charge is 0.265 e. The Labute approximate surface area is 116 Å². The minimum Gasteiger partial charge on any atom is -0.305 e. The monoisotopic (exact) mass is 332 g/mol. The predicted molar refractivity (Wildman–Crippen MR) is 72.8 cm³/mol. The summed E-state index contributed by atoms with van der Waals surface area (Å²) in [6, 6.07) is 5.00. The van der Waals surface area contributed by atoms with E-state index in [-0.39, 0.29) is 5.56 Å². The first kappa shape index (κ1) is 12.6. The van der Waals surface area contributed by atoms with Crippen molar-refractivity contribution in [3.05, 3.63) is 48.8 Å². The minimum atomic E-state index is -0.247. The molecule has 2 aromatic rings. The van der Waals surface area contributed by atoms with Gasteiger partial charge >= 0.3 is 0 Å². The molecule has 0 fully saturated rings. The maximum absolute atomic E-state index is 11.6. The number of nitrogens with zero attached hydrogens (tertiary/aromatic N) is 1. The Morgan fingerprint density at radius 2 is 2.06 bits per heavy atom. The molecule has 0 atom stereocenters. The minimum absolute atomic E-state index is 0.247. The number of aryl methyl sites for hydroxylation is 1. The average Bonchev–Trinajstić information content (AvgIpc) is 2.28. The number of aromatic nitrogens is 2. The molecule has 0 aliphatic heterocycles. The third-order valence-corrected chi connectivity index (χ3v) is 3.71. The van der Waals surface area contributed by atoms with Crippen LogP contribution in [0.25, 0.3) is 11.4 Å². The molecule has 1 aromatic heterocycles. The fraction of sp³-hybridized carbons (Fsp3) is 0.0909. The summed E-state index contributed by atoms with van der Waals surface area (Å²) in [5, 5.41) is 1.02. The third-order valence-electron chi connectivity index (χ3n) is 2.21. The van der Waals surface area contributed by atoms with Crippen LogP contribution >= 0.6 is 39.1 Å². The highest BCUT2D eigenvalue weighted by Crippen LogP contribution is 2.28. The molecule has 0 aliphatic carbocycles. The van der Waals surface area contributed by atoms with Crippen LogP contribution in [0.4, 0.5) is 0 Å². The molecule has 88 valence electrons. The van der Waals surface area contributed by atoms with Crippen molar-refractivity contribution in [2.45, 2.75) is 6.92 Å². The van der Waals surface area contributed by atoms with Crippen molar-refractivity contribution < 1.29 is 0 Å². The Kier molecular flexibility index (Phi) is 3.56. The Morgan fingerprint density at radius 1 is 1.35 bits per heavy atom. The van der Waals surface area contributed by atoms with E-state index < -0.39 is 0 Å². The van der Waals surface area contributed by atoms with Crippen molar-refractivity contribution in [2.75, 3.05) is 0 Å². The lowest BCUT2D eigenvalue weighted by Gasteiger charge is -2.06. The largest absolute Gasteiger partial charge is 0.305 e. The van der Waals surface area contributed by atoms with Gasteiger partial charge in [0.2, 0.25) is 0 Å². The fourth-order valence-corrected chi connectivity index (χ4v) is 1.94. The molecule has 0 radical (unpaired) electrons. The van der Waals surface area contributed by atoms with Gasteiger partial charge in [0.05, 0.1) is 10.7 Å². The van der Waals surface area contributed by atoms with Gasteiger partial charge in [-0.05, 0) is 41.1 Å². The maximum Gasteiger partial charge on any atom is 0.265 e. The van der Waals surface area contributed by atoms with Crippen LogP contribution in [0.2, 0.25) is 10.0 Å². The van der Waals surface area contributed by atoms with E-state index in [4.69, 9.17) is 23.2 Å². The van der Waals surface area contributed by atoms with Crippen LogP contribution in [0.15, 0.2) is 27.5 Å². The summed E-state index contributed by atoms with van der Waals surface area (Å²) in [4.78, 5) is 18.5. The van der Waals surface area contributed by atoms with Crippen molar-refractivity contribution >= 4 is 39.1 Å². The van der Waals surface area contributed by atoms with Crippen LogP contribution in [0, 0.1) is 6.92 Å². The molecular weight excluding hydrogens is 327 g/mol. The zero-order chi connectivity index (χ0) is 12.6. The quantitative estimate of drug-likeness (QED) is 0.862. The highest BCUT2D eigenvalue weighted by Gasteiger charge is 2.10. The second-order valence-electron chi connectivity index (χ2n) is 3.44. The third kappa shape index (κ3) is 2.54. The lowest BCUT2D eigenvalue weighted by atomic mass is 10.2. The maximum atomic E-state index is 11.6. The molecule has 0 spiro atoms. The first-order chi connectivity index (χ1) is 7.99. The van der Waals surface area contributed by atoms with Crippen molar-refractivity contribution in [3.63, 3.8) is 0 Å². The second-order valence-corrected chi connectivity index (χ2v) is 5.07. The highest BCUT2D eigenvalue weighted by molar-refractivity contribution is 9.10. The molecule has 1 N–H and O–H groups in total. The van der Waals surface area contributed by atoms with Gasteiger partial charge in [0.1, 0.15) is 10.3 Å². The number of hydrogen-bond acceptors (Lipinski definition) is 2. The molecule has 0 unspecified atom stereocenters. The first-order valence-electron chi connectivity index (χ1n) is 4.71. The van der Waals surface area contributed by atoms with Crippen molar-refractivity contribution in [2.24, 2.45) is 0 Å². The molecule has 6 heteroatoms. The Hall–Kier alpha value is -0.840. The summed E-state index contributed by atoms with van der Waals surface area (Å²) in [6.45, 7) is 1.74. The molecular formula is C11H7BrCl2N2O. The average molecular weight is 334 g/mol. The summed E-state index contributed by atoms with van der Waals surface area (Å²) in [7, 11) is 0. The van der Waals surface area contributed by atoms with Crippen LogP contribution in [0.5, 0.6) is 0 Å². The van der Waals surface area contributed by atoms with Gasteiger partial charge in [-0.2, -0.15) is 0 Å². The van der Waals surface area contributed by atoms with Gasteiger partial charge in [-0.15, -0.1) is 0 Å². The van der Waals surface area contributed by atoms with E-state index in [0.29, 0.717) is 31.6 Å². The summed E-state index contributed by atoms with van der Waals surface area (Å²) >= 11 is 15.1. The highest BCUT2D eigenvalue weighted by atomic mass is 79.9. The van der Waals surface area contributed by atoms with E-state index in [1.807, 2.05) is 0 Å². The van der Waals surface area contributed by atoms with Gasteiger partial charge < -0.3 is 4.98 Å². The number of benzene rings is 1. The summed E-state index contributed by atoms with van der Waals surface area (Å²) in [5.74, 6) is 0.406. The molecule has 1 heterocycles. The molecule has 3 nitrogen and oxygen atoms in total. The Morgan fingerprint density at radius 3 is 2.71 bits per heavy atom. The van der Waals surface area contributed by atoms with Crippen LogP contribution in [-0.2, 0) is 0 Å². The molecule has 0 bridgehead atoms. The van der Waals surface area contributed by atoms with Gasteiger partial charge in [0.15, 0.2) is 0 Å². The summed E-state index contributed by atoms with van der Waals surface area (Å²) in [6.07, 6.45) is 0. The van der Waals surface area contributed by atoms with Crippen LogP contribution in [0.3, 0.4) is 0 Å². The normalized spacial score (nSPS) is 10.6. The molecule has 2 rings (SSSR count). The van der Waals surface area contributed by atoms with Crippen LogP contribution in [0.1, 0.15) is 5.69 Å². The molecule has 1 aromatic carbocycles. The van der Waals surface area contributed by atoms with E-state index >= 15 is 0 Å². The lowest BCUT2D eigenvalue weighted by Crippen LogP contribution is -2.11. The number of aromatic amines is 1. The number of nitrogens with one attached hydrogen (secondary N) is 1. The van der Waals surface area contributed by atoms with Gasteiger partial charge in [-0.3, -0.25) is 4.79 Å². The lowest BCUT2D eigenvalue weighted by molar-refractivity contribution is 1.05. The van der Waals surface area contributed by atoms with Crippen molar-refractivity contribution in [1.82, 2.24) is 9.97 Å². The Bertz CT molecular complexity index is 640. The zero-order valence-electron chi connectivity index (χ0n) is 8.72. The fourth-order valence-electron chi connectivity index (χ4n) is 1.38. The summed E-state index contributed by atoms with van der Waals surface area (Å²) < 4.78 is 0.416. The zero-order valence-corrected chi connectivity index (χ0v) is 11.8. The summed E-state index contributed by atoms with van der Waals surface area (Å²) in [5.41, 5.74) is 0.954. The van der Waals surface area contributed by atoms with E-state index in [9.17, 15) is 4.79 Å². The molecule has 17 heavy (non-hydrogen) atoms. The molecule has 0 saturated heterocycles. The standard InChI is InChI=1S/C11H7BrCl2N2O/c1-5-9(12)11(17)16-10(15-5)7-4-6(13)2-3-8(7)14/h2-4H,1H3,(H,15,16,17). The molecule has 0 aliphatic rings. The van der Waals surface area contributed by atoms with Crippen LogP contribution in [-0.4, -0.2) is 9.97 Å². The number of rotatable bonds is 1. The van der Waals surface area contributed by atoms with Gasteiger partial charge in [-0.1, -0.05) is 23.2 Å². The number of hydrogen-bond donors (Lipinski definition) is 1. The molecule has 0 amide bonds. The number of halogens is 3. The van der Waals surface area contributed by atoms with E-state index in [2.05, 4.69) is 25.9 Å². The topological polar surface area (TPSA) is 45.8 Å². The van der Waals surface area contributed by atoms with Gasteiger partial charge in [0, 0.05) is 10.6 Å². The van der Waals surface area contributed by atoms with Crippen molar-refractivity contribution in [1.29, 1.82) is 0 Å². The van der Waals surface area contributed by atoms with Gasteiger partial charge in [-0.25, -0.2) is 4.98 Å². The first-order valence-corrected chi connectivity index (χ1v) is 6.26. The SMILES string of the molecule is Cc1nc(-c2cc(Cl)ccc2Cl)[nH]c(=O)c1Br. The Balaban J connectivity index is 2.69. The predicted octanol–water partition coefficient (Wildman–Crippen LogP) is 3.81. The van der Waals surface area contributed by atoms with E-state index in [1.165, 1.54) is 0 Å².